The molecule has 0 saturated carbocycles. The van der Waals surface area contributed by atoms with Crippen molar-refractivity contribution in [2.45, 2.75) is 20.3 Å². The normalized spacial score (nSPS) is 10.0. The molecule has 1 aromatic rings. The molecule has 0 fully saturated rings. The summed E-state index contributed by atoms with van der Waals surface area (Å²) in [6.45, 7) is 3.71. The summed E-state index contributed by atoms with van der Waals surface area (Å²) in [6, 6.07) is 3.30. The first-order valence-electron chi connectivity index (χ1n) is 3.67. The van der Waals surface area contributed by atoms with Gasteiger partial charge in [-0.1, -0.05) is 13.0 Å². The van der Waals surface area contributed by atoms with Crippen LogP contribution in [-0.2, 0) is 6.42 Å². The zero-order chi connectivity index (χ0) is 8.43. The number of phenols is 2. The molecule has 2 nitrogen and oxygen atoms in total. The van der Waals surface area contributed by atoms with Gasteiger partial charge in [0, 0.05) is 5.56 Å². The Hall–Kier alpha value is -1.18. The second kappa shape index (κ2) is 2.82. The zero-order valence-electron chi connectivity index (χ0n) is 6.76. The first kappa shape index (κ1) is 7.92. The fourth-order valence-electron chi connectivity index (χ4n) is 1.09. The van der Waals surface area contributed by atoms with Crippen LogP contribution in [-0.4, -0.2) is 10.2 Å². The van der Waals surface area contributed by atoms with E-state index in [4.69, 9.17) is 0 Å². The minimum Gasteiger partial charge on any atom is -0.508 e. The second-order valence-corrected chi connectivity index (χ2v) is 2.58. The van der Waals surface area contributed by atoms with Crippen molar-refractivity contribution in [1.82, 2.24) is 0 Å². The lowest BCUT2D eigenvalue weighted by molar-refractivity contribution is 0.437. The maximum atomic E-state index is 9.42. The summed E-state index contributed by atoms with van der Waals surface area (Å²) in [4.78, 5) is 0. The molecular formula is C9H12O2. The van der Waals surface area contributed by atoms with Crippen LogP contribution in [0.4, 0.5) is 0 Å². The first-order valence-corrected chi connectivity index (χ1v) is 3.67. The van der Waals surface area contributed by atoms with E-state index in [-0.39, 0.29) is 11.5 Å². The molecule has 0 aromatic heterocycles. The fourth-order valence-corrected chi connectivity index (χ4v) is 1.09. The van der Waals surface area contributed by atoms with Gasteiger partial charge in [-0.2, -0.15) is 0 Å². The Labute approximate surface area is 66.1 Å². The maximum absolute atomic E-state index is 9.42. The van der Waals surface area contributed by atoms with Gasteiger partial charge in [0.2, 0.25) is 0 Å². The third-order valence-corrected chi connectivity index (χ3v) is 1.81. The Morgan fingerprint density at radius 3 is 2.36 bits per heavy atom. The lowest BCUT2D eigenvalue weighted by Gasteiger charge is -2.06. The summed E-state index contributed by atoms with van der Waals surface area (Å²) in [7, 11) is 0. The Kier molecular flexibility index (Phi) is 2.03. The molecule has 1 aromatic carbocycles. The fraction of sp³-hybridized carbons (Fsp3) is 0.333. The number of rotatable bonds is 1. The highest BCUT2D eigenvalue weighted by atomic mass is 16.3. The first-order chi connectivity index (χ1) is 5.16. The van der Waals surface area contributed by atoms with E-state index in [2.05, 4.69) is 0 Å². The molecule has 0 amide bonds. The third kappa shape index (κ3) is 1.29. The van der Waals surface area contributed by atoms with E-state index in [0.717, 1.165) is 5.56 Å². The van der Waals surface area contributed by atoms with Gasteiger partial charge in [0.1, 0.15) is 11.5 Å². The lowest BCUT2D eigenvalue weighted by atomic mass is 10.1. The van der Waals surface area contributed by atoms with Gasteiger partial charge in [0.05, 0.1) is 0 Å². The van der Waals surface area contributed by atoms with Gasteiger partial charge >= 0.3 is 0 Å². The van der Waals surface area contributed by atoms with E-state index in [1.807, 2.05) is 13.8 Å². The molecule has 1 rings (SSSR count). The van der Waals surface area contributed by atoms with Crippen LogP contribution in [0.3, 0.4) is 0 Å². The Balaban J connectivity index is 3.29. The van der Waals surface area contributed by atoms with Crippen LogP contribution in [0.5, 0.6) is 11.5 Å². The van der Waals surface area contributed by atoms with Gasteiger partial charge in [-0.05, 0) is 25.0 Å². The van der Waals surface area contributed by atoms with E-state index in [1.165, 1.54) is 0 Å². The van der Waals surface area contributed by atoms with Crippen molar-refractivity contribution < 1.29 is 10.2 Å². The quantitative estimate of drug-likeness (QED) is 0.645. The Morgan fingerprint density at radius 1 is 1.27 bits per heavy atom. The summed E-state index contributed by atoms with van der Waals surface area (Å²) >= 11 is 0. The standard InChI is InChI=1S/C9H12O2/c1-3-7-8(10)5-4-6(2)9(7)11/h4-5,10-11H,3H2,1-2H3. The van der Waals surface area contributed by atoms with Gasteiger partial charge in [-0.3, -0.25) is 0 Å². The van der Waals surface area contributed by atoms with E-state index in [1.54, 1.807) is 12.1 Å². The van der Waals surface area contributed by atoms with E-state index >= 15 is 0 Å². The molecule has 2 N–H and O–H groups in total. The van der Waals surface area contributed by atoms with Crippen molar-refractivity contribution in [2.75, 3.05) is 0 Å². The van der Waals surface area contributed by atoms with Crippen molar-refractivity contribution in [2.24, 2.45) is 0 Å². The number of aryl methyl sites for hydroxylation is 1. The highest BCUT2D eigenvalue weighted by molar-refractivity contribution is 5.47. The number of aromatic hydroxyl groups is 2. The minimum absolute atomic E-state index is 0.176. The highest BCUT2D eigenvalue weighted by Gasteiger charge is 2.06. The van der Waals surface area contributed by atoms with Gasteiger partial charge in [0.25, 0.3) is 0 Å². The molecule has 2 heteroatoms. The smallest absolute Gasteiger partial charge is 0.125 e. The average molecular weight is 152 g/mol. The van der Waals surface area contributed by atoms with Crippen LogP contribution >= 0.6 is 0 Å². The zero-order valence-corrected chi connectivity index (χ0v) is 6.76. The molecule has 0 spiro atoms. The molecule has 0 aliphatic heterocycles. The molecule has 0 radical (unpaired) electrons. The summed E-state index contributed by atoms with van der Waals surface area (Å²) in [5, 5.41) is 18.7. The molecule has 0 saturated heterocycles. The van der Waals surface area contributed by atoms with E-state index in [0.29, 0.717) is 12.0 Å². The molecule has 0 unspecified atom stereocenters. The maximum Gasteiger partial charge on any atom is 0.125 e. The van der Waals surface area contributed by atoms with Gasteiger partial charge < -0.3 is 10.2 Å². The van der Waals surface area contributed by atoms with Gasteiger partial charge in [-0.25, -0.2) is 0 Å². The van der Waals surface area contributed by atoms with Crippen molar-refractivity contribution in [3.63, 3.8) is 0 Å². The third-order valence-electron chi connectivity index (χ3n) is 1.81. The van der Waals surface area contributed by atoms with Gasteiger partial charge in [-0.15, -0.1) is 0 Å². The van der Waals surface area contributed by atoms with Crippen LogP contribution in [0.15, 0.2) is 12.1 Å². The largest absolute Gasteiger partial charge is 0.508 e. The molecule has 0 heterocycles. The number of hydrogen-bond acceptors (Lipinski definition) is 2. The van der Waals surface area contributed by atoms with Crippen molar-refractivity contribution >= 4 is 0 Å². The van der Waals surface area contributed by atoms with Gasteiger partial charge in [0.15, 0.2) is 0 Å². The summed E-state index contributed by atoms with van der Waals surface area (Å²) in [5.74, 6) is 0.392. The van der Waals surface area contributed by atoms with E-state index in [9.17, 15) is 10.2 Å². The number of hydrogen-bond donors (Lipinski definition) is 2. The molecule has 0 aliphatic rings. The summed E-state index contributed by atoms with van der Waals surface area (Å²) < 4.78 is 0. The molecule has 0 atom stereocenters. The SMILES string of the molecule is CCc1c(O)ccc(C)c1O. The van der Waals surface area contributed by atoms with Crippen molar-refractivity contribution in [3.05, 3.63) is 23.3 Å². The van der Waals surface area contributed by atoms with Crippen LogP contribution in [0.2, 0.25) is 0 Å². The number of phenolic OH excluding ortho intramolecular Hbond substituents is 2. The average Bonchev–Trinajstić information content (AvgIpc) is 1.99. The molecular weight excluding hydrogens is 140 g/mol. The summed E-state index contributed by atoms with van der Waals surface area (Å²) in [6.07, 6.45) is 0.652. The monoisotopic (exact) mass is 152 g/mol. The van der Waals surface area contributed by atoms with Crippen LogP contribution in [0.1, 0.15) is 18.1 Å². The van der Waals surface area contributed by atoms with Crippen molar-refractivity contribution in [3.8, 4) is 11.5 Å². The second-order valence-electron chi connectivity index (χ2n) is 2.58. The number of benzene rings is 1. The van der Waals surface area contributed by atoms with E-state index < -0.39 is 0 Å². The molecule has 0 aliphatic carbocycles. The Morgan fingerprint density at radius 2 is 1.91 bits per heavy atom. The van der Waals surface area contributed by atoms with Crippen LogP contribution < -0.4 is 0 Å². The molecule has 11 heavy (non-hydrogen) atoms. The lowest BCUT2D eigenvalue weighted by Crippen LogP contribution is -1.85. The highest BCUT2D eigenvalue weighted by Crippen LogP contribution is 2.29. The van der Waals surface area contributed by atoms with Crippen LogP contribution in [0.25, 0.3) is 0 Å². The molecule has 0 bridgehead atoms. The predicted octanol–water partition coefficient (Wildman–Crippen LogP) is 1.97. The minimum atomic E-state index is 0.176. The van der Waals surface area contributed by atoms with Crippen molar-refractivity contribution in [1.29, 1.82) is 0 Å². The van der Waals surface area contributed by atoms with Crippen LogP contribution in [0, 0.1) is 6.92 Å². The Bertz CT molecular complexity index is 267. The molecule has 60 valence electrons. The summed E-state index contributed by atoms with van der Waals surface area (Å²) in [5.41, 5.74) is 1.43. The topological polar surface area (TPSA) is 40.5 Å². The predicted molar refractivity (Wildman–Crippen MR) is 43.9 cm³/mol.